The van der Waals surface area contributed by atoms with E-state index in [1.165, 1.54) is 26.0 Å². The van der Waals surface area contributed by atoms with Crippen molar-refractivity contribution in [3.05, 3.63) is 47.3 Å². The maximum Gasteiger partial charge on any atom is 0.186 e. The molecule has 1 aromatic rings. The third-order valence-electron chi connectivity index (χ3n) is 2.16. The summed E-state index contributed by atoms with van der Waals surface area (Å²) in [5.41, 5.74) is 0.0747. The second-order valence-corrected chi connectivity index (χ2v) is 3.54. The summed E-state index contributed by atoms with van der Waals surface area (Å²) in [5.74, 6) is -1.88. The van der Waals surface area contributed by atoms with E-state index in [-0.39, 0.29) is 11.1 Å². The van der Waals surface area contributed by atoms with Crippen LogP contribution in [0.3, 0.4) is 0 Å². The van der Waals surface area contributed by atoms with E-state index in [1.807, 2.05) is 0 Å². The van der Waals surface area contributed by atoms with Crippen LogP contribution in [0.15, 0.2) is 35.9 Å². The van der Waals surface area contributed by atoms with Gasteiger partial charge in [-0.3, -0.25) is 14.4 Å². The Bertz CT molecular complexity index is 482. The lowest BCUT2D eigenvalue weighted by Crippen LogP contribution is -2.09. The minimum atomic E-state index is -0.495. The molecular formula is C13H11FO3. The van der Waals surface area contributed by atoms with Crippen LogP contribution < -0.4 is 0 Å². The lowest BCUT2D eigenvalue weighted by Gasteiger charge is -1.99. The number of halogens is 1. The van der Waals surface area contributed by atoms with E-state index in [1.54, 1.807) is 0 Å². The van der Waals surface area contributed by atoms with Crippen molar-refractivity contribution in [1.82, 2.24) is 0 Å². The van der Waals surface area contributed by atoms with Crippen LogP contribution in [0, 0.1) is 5.82 Å². The van der Waals surface area contributed by atoms with Crippen molar-refractivity contribution >= 4 is 17.3 Å². The highest BCUT2D eigenvalue weighted by Crippen LogP contribution is 2.07. The van der Waals surface area contributed by atoms with Crippen molar-refractivity contribution in [2.24, 2.45) is 0 Å². The highest BCUT2D eigenvalue weighted by molar-refractivity contribution is 6.23. The number of benzene rings is 1. The Morgan fingerprint density at radius 3 is 1.88 bits per heavy atom. The normalized spacial score (nSPS) is 9.59. The van der Waals surface area contributed by atoms with Crippen molar-refractivity contribution in [1.29, 1.82) is 0 Å². The lowest BCUT2D eigenvalue weighted by molar-refractivity contribution is -0.119. The Morgan fingerprint density at radius 1 is 1.00 bits per heavy atom. The second kappa shape index (κ2) is 5.30. The average molecular weight is 234 g/mol. The van der Waals surface area contributed by atoms with Crippen LogP contribution in [0.4, 0.5) is 4.39 Å². The van der Waals surface area contributed by atoms with E-state index >= 15 is 0 Å². The van der Waals surface area contributed by atoms with E-state index in [0.29, 0.717) is 0 Å². The standard InChI is InChI=1S/C13H11FO3/c1-8(15)12(9(2)16)7-13(17)10-3-5-11(14)6-4-10/h3-7H,1-2H3. The topological polar surface area (TPSA) is 51.2 Å². The molecule has 88 valence electrons. The zero-order valence-corrected chi connectivity index (χ0v) is 9.49. The van der Waals surface area contributed by atoms with Gasteiger partial charge in [0.1, 0.15) is 5.82 Å². The predicted octanol–water partition coefficient (Wildman–Crippen LogP) is 2.11. The molecule has 1 aromatic carbocycles. The van der Waals surface area contributed by atoms with Crippen LogP contribution in [0.2, 0.25) is 0 Å². The SMILES string of the molecule is CC(=O)C(=CC(=O)c1ccc(F)cc1)C(C)=O. The van der Waals surface area contributed by atoms with Crippen LogP contribution in [0.25, 0.3) is 0 Å². The number of hydrogen-bond donors (Lipinski definition) is 0. The third kappa shape index (κ3) is 3.45. The number of allylic oxidation sites excluding steroid dienone is 2. The van der Waals surface area contributed by atoms with E-state index < -0.39 is 23.2 Å². The number of Topliss-reactive ketones (excluding diaryl/α,β-unsaturated/α-hetero) is 2. The molecule has 1 rings (SSSR count). The minimum absolute atomic E-state index is 0.153. The van der Waals surface area contributed by atoms with Gasteiger partial charge in [0.15, 0.2) is 17.3 Å². The summed E-state index contributed by atoms with van der Waals surface area (Å²) in [6.07, 6.45) is 0.984. The lowest BCUT2D eigenvalue weighted by atomic mass is 10.0. The summed E-state index contributed by atoms with van der Waals surface area (Å²) >= 11 is 0. The van der Waals surface area contributed by atoms with E-state index in [4.69, 9.17) is 0 Å². The molecule has 0 unspecified atom stereocenters. The Hall–Kier alpha value is -2.10. The molecule has 0 amide bonds. The van der Waals surface area contributed by atoms with Crippen LogP contribution in [-0.4, -0.2) is 17.3 Å². The van der Waals surface area contributed by atoms with Crippen LogP contribution in [-0.2, 0) is 9.59 Å². The molecule has 0 atom stereocenters. The molecule has 3 nitrogen and oxygen atoms in total. The Morgan fingerprint density at radius 2 is 1.47 bits per heavy atom. The van der Waals surface area contributed by atoms with Crippen molar-refractivity contribution in [2.45, 2.75) is 13.8 Å². The molecular weight excluding hydrogens is 223 g/mol. The second-order valence-electron chi connectivity index (χ2n) is 3.54. The Kier molecular flexibility index (Phi) is 4.04. The molecule has 0 fully saturated rings. The number of hydrogen-bond acceptors (Lipinski definition) is 3. The number of carbonyl (C=O) groups excluding carboxylic acids is 3. The molecule has 0 aromatic heterocycles. The molecule has 17 heavy (non-hydrogen) atoms. The van der Waals surface area contributed by atoms with Crippen LogP contribution in [0.5, 0.6) is 0 Å². The molecule has 0 bridgehead atoms. The average Bonchev–Trinajstić information content (AvgIpc) is 2.25. The van der Waals surface area contributed by atoms with E-state index in [0.717, 1.165) is 18.2 Å². The van der Waals surface area contributed by atoms with Crippen molar-refractivity contribution in [3.63, 3.8) is 0 Å². The summed E-state index contributed by atoms with van der Waals surface area (Å²) < 4.78 is 12.6. The zero-order valence-electron chi connectivity index (χ0n) is 9.49. The van der Waals surface area contributed by atoms with Gasteiger partial charge < -0.3 is 0 Å². The highest BCUT2D eigenvalue weighted by atomic mass is 19.1. The molecule has 0 spiro atoms. The van der Waals surface area contributed by atoms with Gasteiger partial charge >= 0.3 is 0 Å². The summed E-state index contributed by atoms with van der Waals surface area (Å²) in [6.45, 7) is 2.43. The monoisotopic (exact) mass is 234 g/mol. The van der Waals surface area contributed by atoms with Gasteiger partial charge in [0.2, 0.25) is 0 Å². The maximum atomic E-state index is 12.6. The Balaban J connectivity index is 3.05. The van der Waals surface area contributed by atoms with Gasteiger partial charge in [-0.05, 0) is 38.1 Å². The van der Waals surface area contributed by atoms with Crippen molar-refractivity contribution in [2.75, 3.05) is 0 Å². The first-order valence-corrected chi connectivity index (χ1v) is 4.95. The number of carbonyl (C=O) groups is 3. The fourth-order valence-electron chi connectivity index (χ4n) is 1.28. The van der Waals surface area contributed by atoms with Crippen molar-refractivity contribution < 1.29 is 18.8 Å². The zero-order chi connectivity index (χ0) is 13.0. The molecule has 0 aliphatic carbocycles. The van der Waals surface area contributed by atoms with Gasteiger partial charge in [-0.1, -0.05) is 0 Å². The number of rotatable bonds is 4. The molecule has 0 heterocycles. The Labute approximate surface area is 97.9 Å². The van der Waals surface area contributed by atoms with Gasteiger partial charge in [0.25, 0.3) is 0 Å². The summed E-state index contributed by atoms with van der Waals surface area (Å²) in [6, 6.07) is 4.88. The van der Waals surface area contributed by atoms with Gasteiger partial charge in [-0.15, -0.1) is 0 Å². The first-order chi connectivity index (χ1) is 7.91. The molecule has 4 heteroatoms. The molecule has 0 aliphatic rings. The summed E-state index contributed by atoms with van der Waals surface area (Å²) in [7, 11) is 0. The predicted molar refractivity (Wildman–Crippen MR) is 60.2 cm³/mol. The smallest absolute Gasteiger partial charge is 0.186 e. The first-order valence-electron chi connectivity index (χ1n) is 4.95. The van der Waals surface area contributed by atoms with Gasteiger partial charge in [0.05, 0.1) is 5.57 Å². The van der Waals surface area contributed by atoms with Gasteiger partial charge in [-0.25, -0.2) is 4.39 Å². The van der Waals surface area contributed by atoms with Crippen molar-refractivity contribution in [3.8, 4) is 0 Å². The highest BCUT2D eigenvalue weighted by Gasteiger charge is 2.12. The molecule has 0 radical (unpaired) electrons. The third-order valence-corrected chi connectivity index (χ3v) is 2.16. The van der Waals surface area contributed by atoms with Gasteiger partial charge in [0, 0.05) is 11.6 Å². The molecule has 0 saturated carbocycles. The van der Waals surface area contributed by atoms with Gasteiger partial charge in [-0.2, -0.15) is 0 Å². The van der Waals surface area contributed by atoms with Crippen LogP contribution >= 0.6 is 0 Å². The summed E-state index contributed by atoms with van der Waals surface area (Å²) in [5, 5.41) is 0. The fraction of sp³-hybridized carbons (Fsp3) is 0.154. The summed E-state index contributed by atoms with van der Waals surface area (Å²) in [4.78, 5) is 33.9. The molecule has 0 saturated heterocycles. The largest absolute Gasteiger partial charge is 0.294 e. The molecule has 0 N–H and O–H groups in total. The van der Waals surface area contributed by atoms with E-state index in [9.17, 15) is 18.8 Å². The fourth-order valence-corrected chi connectivity index (χ4v) is 1.28. The number of ketones is 3. The minimum Gasteiger partial charge on any atom is -0.294 e. The quantitative estimate of drug-likeness (QED) is 0.347. The maximum absolute atomic E-state index is 12.6. The van der Waals surface area contributed by atoms with E-state index in [2.05, 4.69) is 0 Å². The first kappa shape index (κ1) is 13.0. The molecule has 0 aliphatic heterocycles. The van der Waals surface area contributed by atoms with Crippen LogP contribution in [0.1, 0.15) is 24.2 Å².